The number of hydrogen-bond acceptors (Lipinski definition) is 7. The van der Waals surface area contributed by atoms with Gasteiger partial charge in [0.25, 0.3) is 0 Å². The van der Waals surface area contributed by atoms with E-state index in [-0.39, 0.29) is 11.7 Å². The van der Waals surface area contributed by atoms with Crippen LogP contribution in [0.2, 0.25) is 0 Å². The standard InChI is InChI=1S/C20H19N5OS3/c1-3-15-9-14(10-27-15)18-23-24-20(25(18)2)29-12-17(26)22-19-21-16(11-28-19)13-7-5-4-6-8-13/h4-11H,3,12H2,1-2H3,(H,21,22,26). The lowest BCUT2D eigenvalue weighted by atomic mass is 10.2. The van der Waals surface area contributed by atoms with Crippen molar-refractivity contribution >= 4 is 45.5 Å². The van der Waals surface area contributed by atoms with Crippen molar-refractivity contribution in [1.82, 2.24) is 19.7 Å². The molecule has 148 valence electrons. The Labute approximate surface area is 181 Å². The zero-order valence-electron chi connectivity index (χ0n) is 16.0. The molecule has 0 spiro atoms. The molecule has 0 radical (unpaired) electrons. The predicted octanol–water partition coefficient (Wildman–Crippen LogP) is 4.96. The normalized spacial score (nSPS) is 11.0. The number of carbonyl (C=O) groups is 1. The van der Waals surface area contributed by atoms with Gasteiger partial charge < -0.3 is 9.88 Å². The Morgan fingerprint density at radius 1 is 1.14 bits per heavy atom. The number of thiophene rings is 1. The van der Waals surface area contributed by atoms with Crippen LogP contribution >= 0.6 is 34.4 Å². The van der Waals surface area contributed by atoms with Crippen LogP contribution in [0.1, 0.15) is 11.8 Å². The number of carbonyl (C=O) groups excluding carboxylic acids is 1. The molecule has 0 saturated carbocycles. The van der Waals surface area contributed by atoms with E-state index >= 15 is 0 Å². The SMILES string of the molecule is CCc1cc(-c2nnc(SCC(=O)Nc3nc(-c4ccccc4)cs3)n2C)cs1. The molecule has 29 heavy (non-hydrogen) atoms. The fraction of sp³-hybridized carbons (Fsp3) is 0.200. The molecule has 0 fully saturated rings. The molecule has 3 aromatic heterocycles. The first kappa shape index (κ1) is 19.8. The summed E-state index contributed by atoms with van der Waals surface area (Å²) in [5.41, 5.74) is 2.96. The predicted molar refractivity (Wildman–Crippen MR) is 121 cm³/mol. The van der Waals surface area contributed by atoms with Crippen LogP contribution in [0.25, 0.3) is 22.6 Å². The Hall–Kier alpha value is -2.49. The Kier molecular flexibility index (Phi) is 6.08. The van der Waals surface area contributed by atoms with Crippen LogP contribution < -0.4 is 5.32 Å². The summed E-state index contributed by atoms with van der Waals surface area (Å²) in [5, 5.41) is 16.7. The van der Waals surface area contributed by atoms with E-state index in [0.29, 0.717) is 10.3 Å². The molecule has 0 bridgehead atoms. The van der Waals surface area contributed by atoms with Gasteiger partial charge in [-0.2, -0.15) is 0 Å². The zero-order valence-corrected chi connectivity index (χ0v) is 18.4. The molecule has 0 unspecified atom stereocenters. The number of hydrogen-bond donors (Lipinski definition) is 1. The van der Waals surface area contributed by atoms with Gasteiger partial charge in [-0.3, -0.25) is 4.79 Å². The van der Waals surface area contributed by atoms with Gasteiger partial charge in [-0.1, -0.05) is 49.0 Å². The van der Waals surface area contributed by atoms with E-state index in [2.05, 4.69) is 38.9 Å². The highest BCUT2D eigenvalue weighted by atomic mass is 32.2. The Balaban J connectivity index is 1.36. The lowest BCUT2D eigenvalue weighted by Gasteiger charge is -2.03. The summed E-state index contributed by atoms with van der Waals surface area (Å²) in [6.07, 6.45) is 1.01. The summed E-state index contributed by atoms with van der Waals surface area (Å²) in [6, 6.07) is 12.0. The maximum Gasteiger partial charge on any atom is 0.236 e. The molecule has 9 heteroatoms. The Bertz CT molecular complexity index is 1120. The fourth-order valence-electron chi connectivity index (χ4n) is 2.73. The number of thioether (sulfide) groups is 1. The smallest absolute Gasteiger partial charge is 0.236 e. The van der Waals surface area contributed by atoms with Gasteiger partial charge in [0.2, 0.25) is 5.91 Å². The van der Waals surface area contributed by atoms with Gasteiger partial charge in [-0.15, -0.1) is 32.9 Å². The minimum atomic E-state index is -0.114. The third-order valence-electron chi connectivity index (χ3n) is 4.25. The number of aryl methyl sites for hydroxylation is 1. The van der Waals surface area contributed by atoms with E-state index in [0.717, 1.165) is 29.1 Å². The van der Waals surface area contributed by atoms with Crippen molar-refractivity contribution in [3.63, 3.8) is 0 Å². The van der Waals surface area contributed by atoms with Crippen LogP contribution in [0.15, 0.2) is 52.3 Å². The maximum absolute atomic E-state index is 12.3. The van der Waals surface area contributed by atoms with Gasteiger partial charge >= 0.3 is 0 Å². The molecule has 6 nitrogen and oxygen atoms in total. The molecule has 4 rings (SSSR count). The second-order valence-electron chi connectivity index (χ2n) is 6.26. The molecule has 0 aliphatic rings. The monoisotopic (exact) mass is 441 g/mol. The van der Waals surface area contributed by atoms with Gasteiger partial charge in [0.05, 0.1) is 11.4 Å². The second-order valence-corrected chi connectivity index (χ2v) is 9.06. The van der Waals surface area contributed by atoms with Crippen LogP contribution in [-0.2, 0) is 18.3 Å². The molecule has 3 heterocycles. The molecule has 0 aliphatic heterocycles. The van der Waals surface area contributed by atoms with E-state index < -0.39 is 0 Å². The number of anilines is 1. The number of benzene rings is 1. The maximum atomic E-state index is 12.3. The number of nitrogens with zero attached hydrogens (tertiary/aromatic N) is 4. The van der Waals surface area contributed by atoms with Crippen LogP contribution in [0.4, 0.5) is 5.13 Å². The van der Waals surface area contributed by atoms with Gasteiger partial charge in [0.15, 0.2) is 16.1 Å². The lowest BCUT2D eigenvalue weighted by molar-refractivity contribution is -0.113. The minimum Gasteiger partial charge on any atom is -0.305 e. The van der Waals surface area contributed by atoms with Crippen LogP contribution in [0.3, 0.4) is 0 Å². The third-order valence-corrected chi connectivity index (χ3v) is 7.11. The molecule has 0 aliphatic carbocycles. The van der Waals surface area contributed by atoms with E-state index in [4.69, 9.17) is 0 Å². The Morgan fingerprint density at radius 2 is 1.97 bits per heavy atom. The highest BCUT2D eigenvalue weighted by molar-refractivity contribution is 7.99. The van der Waals surface area contributed by atoms with E-state index in [9.17, 15) is 4.79 Å². The van der Waals surface area contributed by atoms with Crippen molar-refractivity contribution in [3.8, 4) is 22.6 Å². The molecular weight excluding hydrogens is 422 g/mol. The summed E-state index contributed by atoms with van der Waals surface area (Å²) >= 11 is 4.51. The van der Waals surface area contributed by atoms with Crippen molar-refractivity contribution in [3.05, 3.63) is 52.0 Å². The van der Waals surface area contributed by atoms with Crippen molar-refractivity contribution in [2.24, 2.45) is 7.05 Å². The molecule has 1 aromatic carbocycles. The number of amides is 1. The van der Waals surface area contributed by atoms with Gasteiger partial charge in [0.1, 0.15) is 0 Å². The molecule has 0 saturated heterocycles. The molecular formula is C20H19N5OS3. The van der Waals surface area contributed by atoms with E-state index in [1.54, 1.807) is 11.3 Å². The van der Waals surface area contributed by atoms with Crippen LogP contribution in [0, 0.1) is 0 Å². The van der Waals surface area contributed by atoms with Crippen LogP contribution in [0.5, 0.6) is 0 Å². The van der Waals surface area contributed by atoms with Crippen molar-refractivity contribution < 1.29 is 4.79 Å². The average molecular weight is 442 g/mol. The summed E-state index contributed by atoms with van der Waals surface area (Å²) in [7, 11) is 1.92. The highest BCUT2D eigenvalue weighted by Crippen LogP contribution is 2.28. The first-order chi connectivity index (χ1) is 14.1. The van der Waals surface area contributed by atoms with Crippen molar-refractivity contribution in [2.75, 3.05) is 11.1 Å². The lowest BCUT2D eigenvalue weighted by Crippen LogP contribution is -2.14. The number of aromatic nitrogens is 4. The summed E-state index contributed by atoms with van der Waals surface area (Å²) < 4.78 is 1.93. The van der Waals surface area contributed by atoms with Crippen molar-refractivity contribution in [2.45, 2.75) is 18.5 Å². The number of nitrogens with one attached hydrogen (secondary N) is 1. The first-order valence-corrected chi connectivity index (χ1v) is 11.8. The summed E-state index contributed by atoms with van der Waals surface area (Å²) in [5.74, 6) is 0.949. The van der Waals surface area contributed by atoms with Crippen molar-refractivity contribution in [1.29, 1.82) is 0 Å². The average Bonchev–Trinajstić information content (AvgIpc) is 3.47. The molecule has 1 amide bonds. The topological polar surface area (TPSA) is 72.7 Å². The fourth-order valence-corrected chi connectivity index (χ4v) is 4.99. The largest absolute Gasteiger partial charge is 0.305 e. The third kappa shape index (κ3) is 4.58. The first-order valence-electron chi connectivity index (χ1n) is 9.05. The molecule has 1 N–H and O–H groups in total. The molecule has 4 aromatic rings. The second kappa shape index (κ2) is 8.89. The Morgan fingerprint density at radius 3 is 2.72 bits per heavy atom. The van der Waals surface area contributed by atoms with Crippen LogP contribution in [-0.4, -0.2) is 31.4 Å². The highest BCUT2D eigenvalue weighted by Gasteiger charge is 2.15. The minimum absolute atomic E-state index is 0.114. The number of rotatable bonds is 7. The zero-order chi connectivity index (χ0) is 20.2. The van der Waals surface area contributed by atoms with E-state index in [1.807, 2.05) is 47.3 Å². The van der Waals surface area contributed by atoms with E-state index in [1.165, 1.54) is 28.0 Å². The molecule has 0 atom stereocenters. The number of thiazole rings is 1. The summed E-state index contributed by atoms with van der Waals surface area (Å²) in [4.78, 5) is 18.1. The van der Waals surface area contributed by atoms with Gasteiger partial charge in [0, 0.05) is 33.8 Å². The van der Waals surface area contributed by atoms with Gasteiger partial charge in [-0.05, 0) is 12.5 Å². The summed E-state index contributed by atoms with van der Waals surface area (Å²) in [6.45, 7) is 2.14. The quantitative estimate of drug-likeness (QED) is 0.410. The van der Waals surface area contributed by atoms with Gasteiger partial charge in [-0.25, -0.2) is 4.98 Å².